The van der Waals surface area contributed by atoms with E-state index in [2.05, 4.69) is 16.9 Å². The summed E-state index contributed by atoms with van der Waals surface area (Å²) in [6.07, 6.45) is 3.47. The molecular formula is C12H19N5O. The number of rotatable bonds is 4. The first-order valence-corrected chi connectivity index (χ1v) is 6.31. The van der Waals surface area contributed by atoms with Crippen LogP contribution in [0.2, 0.25) is 0 Å². The van der Waals surface area contributed by atoms with Crippen LogP contribution >= 0.6 is 0 Å². The highest BCUT2D eigenvalue weighted by molar-refractivity contribution is 5.84. The highest BCUT2D eigenvalue weighted by atomic mass is 16.1. The van der Waals surface area contributed by atoms with Crippen molar-refractivity contribution in [2.75, 3.05) is 17.2 Å². The zero-order valence-electron chi connectivity index (χ0n) is 10.6. The van der Waals surface area contributed by atoms with Crippen molar-refractivity contribution in [3.63, 3.8) is 0 Å². The Labute approximate surface area is 106 Å². The average molecular weight is 249 g/mol. The molecule has 1 aliphatic rings. The van der Waals surface area contributed by atoms with Crippen molar-refractivity contribution in [2.24, 2.45) is 5.73 Å². The third-order valence-corrected chi connectivity index (χ3v) is 3.13. The summed E-state index contributed by atoms with van der Waals surface area (Å²) in [6.45, 7) is 2.85. The van der Waals surface area contributed by atoms with E-state index in [-0.39, 0.29) is 11.9 Å². The highest BCUT2D eigenvalue weighted by Gasteiger charge is 2.30. The standard InChI is InChI=1S/C12H19N5O/c1-2-4-10-15-9(13)7-11(16-10)17-6-3-5-8(17)12(14)18/h7-8H,2-6H2,1H3,(H2,14,18)(H2,13,15,16). The predicted octanol–water partition coefficient (Wildman–Crippen LogP) is 0.465. The molecule has 2 rings (SSSR count). The molecule has 0 spiro atoms. The fraction of sp³-hybridized carbons (Fsp3) is 0.583. The van der Waals surface area contributed by atoms with E-state index in [1.54, 1.807) is 6.07 Å². The van der Waals surface area contributed by atoms with E-state index in [4.69, 9.17) is 11.5 Å². The zero-order valence-corrected chi connectivity index (χ0v) is 10.6. The highest BCUT2D eigenvalue weighted by Crippen LogP contribution is 2.25. The van der Waals surface area contributed by atoms with E-state index >= 15 is 0 Å². The molecule has 6 nitrogen and oxygen atoms in total. The molecule has 1 aliphatic heterocycles. The van der Waals surface area contributed by atoms with Crippen LogP contribution in [0.4, 0.5) is 11.6 Å². The number of amides is 1. The molecule has 1 saturated heterocycles. The van der Waals surface area contributed by atoms with Crippen LogP contribution in [0.25, 0.3) is 0 Å². The number of hydrogen-bond donors (Lipinski definition) is 2. The van der Waals surface area contributed by atoms with Gasteiger partial charge < -0.3 is 16.4 Å². The number of aromatic nitrogens is 2. The van der Waals surface area contributed by atoms with E-state index in [0.29, 0.717) is 11.6 Å². The van der Waals surface area contributed by atoms with Gasteiger partial charge in [0.1, 0.15) is 23.5 Å². The molecule has 1 fully saturated rings. The maximum absolute atomic E-state index is 11.4. The first-order valence-electron chi connectivity index (χ1n) is 6.31. The van der Waals surface area contributed by atoms with Crippen molar-refractivity contribution in [3.8, 4) is 0 Å². The Morgan fingerprint density at radius 1 is 1.56 bits per heavy atom. The fourth-order valence-corrected chi connectivity index (χ4v) is 2.32. The molecule has 0 bridgehead atoms. The summed E-state index contributed by atoms with van der Waals surface area (Å²) in [5.74, 6) is 1.58. The Bertz CT molecular complexity index is 448. The maximum Gasteiger partial charge on any atom is 0.240 e. The molecule has 4 N–H and O–H groups in total. The van der Waals surface area contributed by atoms with Gasteiger partial charge in [-0.25, -0.2) is 9.97 Å². The van der Waals surface area contributed by atoms with Gasteiger partial charge >= 0.3 is 0 Å². The summed E-state index contributed by atoms with van der Waals surface area (Å²) in [7, 11) is 0. The molecule has 98 valence electrons. The van der Waals surface area contributed by atoms with Crippen LogP contribution in [0.3, 0.4) is 0 Å². The van der Waals surface area contributed by atoms with Crippen molar-refractivity contribution in [1.29, 1.82) is 0 Å². The van der Waals surface area contributed by atoms with Gasteiger partial charge in [-0.3, -0.25) is 4.79 Å². The van der Waals surface area contributed by atoms with Crippen molar-refractivity contribution in [3.05, 3.63) is 11.9 Å². The van der Waals surface area contributed by atoms with Gasteiger partial charge in [0.05, 0.1) is 0 Å². The van der Waals surface area contributed by atoms with Crippen LogP contribution in [0.15, 0.2) is 6.07 Å². The van der Waals surface area contributed by atoms with Crippen LogP contribution in [0, 0.1) is 0 Å². The van der Waals surface area contributed by atoms with Crippen molar-refractivity contribution in [2.45, 2.75) is 38.6 Å². The Morgan fingerprint density at radius 2 is 2.33 bits per heavy atom. The molecule has 1 aromatic rings. The second kappa shape index (κ2) is 5.20. The monoisotopic (exact) mass is 249 g/mol. The van der Waals surface area contributed by atoms with Crippen LogP contribution in [0.1, 0.15) is 32.0 Å². The minimum absolute atomic E-state index is 0.270. The minimum atomic E-state index is -0.304. The fourth-order valence-electron chi connectivity index (χ4n) is 2.32. The maximum atomic E-state index is 11.4. The minimum Gasteiger partial charge on any atom is -0.384 e. The normalized spacial score (nSPS) is 19.2. The lowest BCUT2D eigenvalue weighted by Crippen LogP contribution is -2.40. The molecule has 1 aromatic heterocycles. The second-order valence-corrected chi connectivity index (χ2v) is 4.57. The lowest BCUT2D eigenvalue weighted by Gasteiger charge is -2.23. The number of hydrogen-bond acceptors (Lipinski definition) is 5. The topological polar surface area (TPSA) is 98.1 Å². The molecule has 0 aromatic carbocycles. The van der Waals surface area contributed by atoms with Gasteiger partial charge in [0.25, 0.3) is 0 Å². The van der Waals surface area contributed by atoms with Crippen LogP contribution in [0.5, 0.6) is 0 Å². The van der Waals surface area contributed by atoms with Crippen molar-refractivity contribution >= 4 is 17.5 Å². The summed E-state index contributed by atoms with van der Waals surface area (Å²) < 4.78 is 0. The third-order valence-electron chi connectivity index (χ3n) is 3.13. The number of aryl methyl sites for hydroxylation is 1. The number of carbonyl (C=O) groups excluding carboxylic acids is 1. The van der Waals surface area contributed by atoms with E-state index < -0.39 is 0 Å². The van der Waals surface area contributed by atoms with Gasteiger partial charge in [0, 0.05) is 19.0 Å². The number of anilines is 2. The van der Waals surface area contributed by atoms with Crippen LogP contribution in [-0.2, 0) is 11.2 Å². The third kappa shape index (κ3) is 2.52. The summed E-state index contributed by atoms with van der Waals surface area (Å²) >= 11 is 0. The molecule has 1 unspecified atom stereocenters. The molecule has 2 heterocycles. The lowest BCUT2D eigenvalue weighted by atomic mass is 10.2. The van der Waals surface area contributed by atoms with Crippen molar-refractivity contribution < 1.29 is 4.79 Å². The summed E-state index contributed by atoms with van der Waals surface area (Å²) in [5.41, 5.74) is 11.2. The Kier molecular flexibility index (Phi) is 3.64. The summed E-state index contributed by atoms with van der Waals surface area (Å²) in [6, 6.07) is 1.44. The number of nitrogens with zero attached hydrogens (tertiary/aromatic N) is 3. The number of primary amides is 1. The van der Waals surface area contributed by atoms with Gasteiger partial charge in [-0.15, -0.1) is 0 Å². The quantitative estimate of drug-likeness (QED) is 0.808. The Hall–Kier alpha value is -1.85. The number of nitrogens with two attached hydrogens (primary N) is 2. The second-order valence-electron chi connectivity index (χ2n) is 4.57. The van der Waals surface area contributed by atoms with Gasteiger partial charge in [0.15, 0.2) is 0 Å². The first-order chi connectivity index (χ1) is 8.61. The van der Waals surface area contributed by atoms with Crippen LogP contribution < -0.4 is 16.4 Å². The molecule has 0 saturated carbocycles. The van der Waals surface area contributed by atoms with E-state index in [1.807, 2.05) is 4.90 Å². The largest absolute Gasteiger partial charge is 0.384 e. The SMILES string of the molecule is CCCc1nc(N)cc(N2CCCC2C(N)=O)n1. The van der Waals surface area contributed by atoms with Crippen LogP contribution in [-0.4, -0.2) is 28.5 Å². The number of nitrogen functional groups attached to an aromatic ring is 1. The van der Waals surface area contributed by atoms with Gasteiger partial charge in [-0.05, 0) is 19.3 Å². The van der Waals surface area contributed by atoms with Gasteiger partial charge in [0.2, 0.25) is 5.91 Å². The molecule has 6 heteroatoms. The predicted molar refractivity (Wildman–Crippen MR) is 70.0 cm³/mol. The Morgan fingerprint density at radius 3 is 3.00 bits per heavy atom. The summed E-state index contributed by atoms with van der Waals surface area (Å²) in [4.78, 5) is 22.0. The Balaban J connectivity index is 2.29. The molecule has 1 amide bonds. The molecule has 0 radical (unpaired) electrons. The van der Waals surface area contributed by atoms with Gasteiger partial charge in [-0.2, -0.15) is 0 Å². The lowest BCUT2D eigenvalue weighted by molar-refractivity contribution is -0.119. The molecular weight excluding hydrogens is 230 g/mol. The molecule has 18 heavy (non-hydrogen) atoms. The van der Waals surface area contributed by atoms with E-state index in [1.165, 1.54) is 0 Å². The first kappa shape index (κ1) is 12.6. The summed E-state index contributed by atoms with van der Waals surface area (Å²) in [5, 5.41) is 0. The van der Waals surface area contributed by atoms with E-state index in [0.717, 1.165) is 38.1 Å². The molecule has 1 atom stereocenters. The van der Waals surface area contributed by atoms with Gasteiger partial charge in [-0.1, -0.05) is 6.92 Å². The van der Waals surface area contributed by atoms with Crippen molar-refractivity contribution in [1.82, 2.24) is 9.97 Å². The molecule has 0 aliphatic carbocycles. The smallest absolute Gasteiger partial charge is 0.240 e. The number of carbonyl (C=O) groups is 1. The van der Waals surface area contributed by atoms with E-state index in [9.17, 15) is 4.79 Å². The average Bonchev–Trinajstić information content (AvgIpc) is 2.77. The zero-order chi connectivity index (χ0) is 13.1.